The van der Waals surface area contributed by atoms with Crippen molar-refractivity contribution in [2.45, 2.75) is 31.1 Å². The zero-order valence-corrected chi connectivity index (χ0v) is 27.0. The summed E-state index contributed by atoms with van der Waals surface area (Å²) in [5.74, 6) is -6.59. The summed E-state index contributed by atoms with van der Waals surface area (Å²) in [6.07, 6.45) is -9.40. The summed E-state index contributed by atoms with van der Waals surface area (Å²) in [4.78, 5) is 40.7. The summed E-state index contributed by atoms with van der Waals surface area (Å²) in [5, 5.41) is 21.4. The number of hydrogen-bond acceptors (Lipinski definition) is 9. The highest BCUT2D eigenvalue weighted by Gasteiger charge is 2.39. The van der Waals surface area contributed by atoms with Crippen LogP contribution in [0.3, 0.4) is 0 Å². The molecule has 13 nitrogen and oxygen atoms in total. The number of carboxylic acid groups (broad SMARTS) is 3. The molecule has 0 spiro atoms. The van der Waals surface area contributed by atoms with Gasteiger partial charge < -0.3 is 24.8 Å². The fourth-order valence-electron chi connectivity index (χ4n) is 4.64. The lowest BCUT2D eigenvalue weighted by Gasteiger charge is -2.38. The Morgan fingerprint density at radius 3 is 1.89 bits per heavy atom. The lowest BCUT2D eigenvalue weighted by Crippen LogP contribution is -2.46. The number of nitrogens with zero attached hydrogens (tertiary/aromatic N) is 5. The maximum absolute atomic E-state index is 10.6. The Morgan fingerprint density at radius 1 is 0.792 bits per heavy atom. The molecule has 2 aliphatic heterocycles. The van der Waals surface area contributed by atoms with Gasteiger partial charge in [-0.05, 0) is 49.0 Å². The molecule has 0 amide bonds. The number of piperazine rings is 1. The molecule has 3 N–H and O–H groups in total. The van der Waals surface area contributed by atoms with Gasteiger partial charge in [-0.1, -0.05) is 12.1 Å². The molecule has 53 heavy (non-hydrogen) atoms. The second-order valence-electron chi connectivity index (χ2n) is 10.9. The van der Waals surface area contributed by atoms with Crippen LogP contribution < -0.4 is 9.47 Å². The van der Waals surface area contributed by atoms with Gasteiger partial charge in [-0.25, -0.2) is 19.4 Å². The highest BCUT2D eigenvalue weighted by molar-refractivity contribution is 5.73. The Labute approximate surface area is 292 Å². The molecule has 22 heteroatoms. The molecule has 1 saturated heterocycles. The van der Waals surface area contributed by atoms with Gasteiger partial charge in [0.1, 0.15) is 5.65 Å². The fourth-order valence-corrected chi connectivity index (χ4v) is 4.64. The second-order valence-corrected chi connectivity index (χ2v) is 10.9. The quantitative estimate of drug-likeness (QED) is 0.223. The molecule has 0 saturated carbocycles. The van der Waals surface area contributed by atoms with E-state index in [-0.39, 0.29) is 6.04 Å². The van der Waals surface area contributed by atoms with E-state index >= 15 is 0 Å². The topological polar surface area (TPSA) is 167 Å². The Balaban J connectivity index is 0.000000296. The first-order valence-electron chi connectivity index (χ1n) is 14.7. The normalized spacial score (nSPS) is 15.9. The van der Waals surface area contributed by atoms with Gasteiger partial charge in [-0.15, -0.1) is 0 Å². The first kappa shape index (κ1) is 41.8. The molecule has 1 unspecified atom stereocenters. The number of alkyl halides is 9. The van der Waals surface area contributed by atoms with Gasteiger partial charge in [0.2, 0.25) is 6.79 Å². The molecular weight excluding hydrogens is 741 g/mol. The van der Waals surface area contributed by atoms with E-state index < -0.39 is 36.4 Å². The average molecular weight is 770 g/mol. The maximum Gasteiger partial charge on any atom is 0.490 e. The number of rotatable bonds is 4. The first-order chi connectivity index (χ1) is 24.6. The summed E-state index contributed by atoms with van der Waals surface area (Å²) in [5.41, 5.74) is 5.57. The number of carboxylic acids is 3. The van der Waals surface area contributed by atoms with Crippen molar-refractivity contribution in [3.05, 3.63) is 78.4 Å². The van der Waals surface area contributed by atoms with Gasteiger partial charge in [-0.3, -0.25) is 19.2 Å². The SMILES string of the molecule is CN1CCN(Cc2ccc3c(c2)OCO3)CC1c1cn2c(-c3ccncc3)cccc2n1.O=C(O)C(F)(F)F.O=C(O)C(F)(F)F.O=C(O)C(F)(F)F. The number of likely N-dealkylation sites (N-methyl/N-ethyl adjacent to an activating group) is 1. The van der Waals surface area contributed by atoms with Crippen LogP contribution >= 0.6 is 0 Å². The summed E-state index contributed by atoms with van der Waals surface area (Å²) in [6, 6.07) is 16.8. The van der Waals surface area contributed by atoms with Crippen molar-refractivity contribution in [1.82, 2.24) is 24.2 Å². The molecule has 1 aromatic carbocycles. The van der Waals surface area contributed by atoms with E-state index in [4.69, 9.17) is 44.2 Å². The van der Waals surface area contributed by atoms with Crippen LogP contribution in [0.5, 0.6) is 11.5 Å². The fraction of sp³-hybridized carbons (Fsp3) is 0.323. The zero-order valence-electron chi connectivity index (χ0n) is 27.0. The summed E-state index contributed by atoms with van der Waals surface area (Å²) >= 11 is 0. The summed E-state index contributed by atoms with van der Waals surface area (Å²) in [7, 11) is 2.19. The molecule has 2 aliphatic rings. The van der Waals surface area contributed by atoms with Gasteiger partial charge >= 0.3 is 36.4 Å². The third kappa shape index (κ3) is 12.2. The number of benzene rings is 1. The zero-order chi connectivity index (χ0) is 39.7. The smallest absolute Gasteiger partial charge is 0.475 e. The Morgan fingerprint density at radius 2 is 1.34 bits per heavy atom. The molecule has 5 heterocycles. The average Bonchev–Trinajstić information content (AvgIpc) is 3.73. The minimum absolute atomic E-state index is 0.239. The number of carbonyl (C=O) groups is 3. The third-order valence-corrected chi connectivity index (χ3v) is 7.13. The second kappa shape index (κ2) is 17.3. The number of ether oxygens (including phenoxy) is 2. The molecule has 4 aromatic rings. The van der Waals surface area contributed by atoms with Crippen molar-refractivity contribution < 1.29 is 78.7 Å². The maximum atomic E-state index is 10.6. The van der Waals surface area contributed by atoms with Crippen LogP contribution in [0.4, 0.5) is 39.5 Å². The molecular formula is C31H28F9N5O8. The number of aromatic nitrogens is 3. The molecule has 3 aromatic heterocycles. The highest BCUT2D eigenvalue weighted by atomic mass is 19.4. The van der Waals surface area contributed by atoms with E-state index in [1.165, 1.54) is 5.56 Å². The van der Waals surface area contributed by atoms with Crippen molar-refractivity contribution in [1.29, 1.82) is 0 Å². The molecule has 0 aliphatic carbocycles. The Hall–Kier alpha value is -5.64. The molecule has 1 fully saturated rings. The first-order valence-corrected chi connectivity index (χ1v) is 14.7. The molecule has 1 atom stereocenters. The van der Waals surface area contributed by atoms with Crippen molar-refractivity contribution in [3.63, 3.8) is 0 Å². The summed E-state index contributed by atoms with van der Waals surface area (Å²) in [6.45, 7) is 4.15. The monoisotopic (exact) mass is 769 g/mol. The van der Waals surface area contributed by atoms with Crippen LogP contribution in [0.1, 0.15) is 17.3 Å². The van der Waals surface area contributed by atoms with E-state index in [0.29, 0.717) is 6.79 Å². The van der Waals surface area contributed by atoms with Gasteiger partial charge in [0.05, 0.1) is 17.4 Å². The van der Waals surface area contributed by atoms with Gasteiger partial charge in [-0.2, -0.15) is 39.5 Å². The number of hydrogen-bond donors (Lipinski definition) is 3. The molecule has 6 rings (SSSR count). The van der Waals surface area contributed by atoms with Crippen molar-refractivity contribution >= 4 is 23.6 Å². The van der Waals surface area contributed by atoms with Crippen LogP contribution in [-0.2, 0) is 20.9 Å². The lowest BCUT2D eigenvalue weighted by atomic mass is 10.1. The van der Waals surface area contributed by atoms with Crippen LogP contribution in [0.15, 0.2) is 67.1 Å². The highest BCUT2D eigenvalue weighted by Crippen LogP contribution is 2.34. The van der Waals surface area contributed by atoms with Crippen molar-refractivity contribution in [2.24, 2.45) is 0 Å². The van der Waals surface area contributed by atoms with E-state index in [9.17, 15) is 39.5 Å². The minimum Gasteiger partial charge on any atom is -0.475 e. The number of halogens is 9. The van der Waals surface area contributed by atoms with Crippen LogP contribution in [0, 0.1) is 0 Å². The van der Waals surface area contributed by atoms with Crippen LogP contribution in [0.2, 0.25) is 0 Å². The molecule has 0 radical (unpaired) electrons. The minimum atomic E-state index is -5.08. The van der Waals surface area contributed by atoms with Crippen LogP contribution in [-0.4, -0.2) is 109 Å². The molecule has 288 valence electrons. The van der Waals surface area contributed by atoms with E-state index in [0.717, 1.165) is 60.3 Å². The summed E-state index contributed by atoms with van der Waals surface area (Å²) < 4.78 is 108. The largest absolute Gasteiger partial charge is 0.490 e. The van der Waals surface area contributed by atoms with Crippen LogP contribution in [0.25, 0.3) is 16.9 Å². The van der Waals surface area contributed by atoms with E-state index in [1.54, 1.807) is 0 Å². The van der Waals surface area contributed by atoms with Gasteiger partial charge in [0.15, 0.2) is 11.5 Å². The standard InChI is InChI=1S/C25H25N5O2.3C2HF3O2/c1-28-11-12-29(14-18-5-6-23-24(13-18)32-17-31-23)16-22(28)20-15-30-21(3-2-4-25(30)27-20)19-7-9-26-10-8-19;3*3-2(4,5)1(6)7/h2-10,13,15,22H,11-12,14,16-17H2,1H3;3*(H,6,7). The Kier molecular flexibility index (Phi) is 13.6. The number of imidazole rings is 1. The number of pyridine rings is 2. The van der Waals surface area contributed by atoms with Crippen molar-refractivity contribution in [3.8, 4) is 22.8 Å². The predicted octanol–water partition coefficient (Wildman–Crippen LogP) is 5.51. The lowest BCUT2D eigenvalue weighted by molar-refractivity contribution is -0.193. The van der Waals surface area contributed by atoms with E-state index in [1.807, 2.05) is 30.6 Å². The van der Waals surface area contributed by atoms with Crippen molar-refractivity contribution in [2.75, 3.05) is 33.5 Å². The predicted molar refractivity (Wildman–Crippen MR) is 163 cm³/mol. The number of aliphatic carboxylic acids is 3. The third-order valence-electron chi connectivity index (χ3n) is 7.13. The van der Waals surface area contributed by atoms with E-state index in [2.05, 4.69) is 62.8 Å². The number of fused-ring (bicyclic) bond motifs is 2. The van der Waals surface area contributed by atoms with Gasteiger partial charge in [0, 0.05) is 50.3 Å². The van der Waals surface area contributed by atoms with Gasteiger partial charge in [0.25, 0.3) is 0 Å². The Bertz CT molecular complexity index is 1810. The molecule has 0 bridgehead atoms.